The Morgan fingerprint density at radius 3 is 2.64 bits per heavy atom. The van der Waals surface area contributed by atoms with Gasteiger partial charge in [-0.1, -0.05) is 48.0 Å². The second-order valence-corrected chi connectivity index (χ2v) is 6.31. The highest BCUT2D eigenvalue weighted by atomic mass is 35.5. The number of thiophene rings is 1. The summed E-state index contributed by atoms with van der Waals surface area (Å²) in [6.07, 6.45) is 1.83. The summed E-state index contributed by atoms with van der Waals surface area (Å²) in [5.74, 6) is 0. The van der Waals surface area contributed by atoms with Crippen LogP contribution in [-0.2, 0) is 0 Å². The van der Waals surface area contributed by atoms with Gasteiger partial charge in [0.15, 0.2) is 5.65 Å². The number of hydrogen-bond acceptors (Lipinski definition) is 3. The van der Waals surface area contributed by atoms with Gasteiger partial charge in [0.1, 0.15) is 5.15 Å². The number of aryl methyl sites for hydroxylation is 1. The number of benzene rings is 1. The zero-order chi connectivity index (χ0) is 15.1. The van der Waals surface area contributed by atoms with E-state index >= 15 is 0 Å². The molecule has 3 nitrogen and oxygen atoms in total. The van der Waals surface area contributed by atoms with Gasteiger partial charge < -0.3 is 0 Å². The fraction of sp³-hybridized carbons (Fsp3) is 0.0588. The highest BCUT2D eigenvalue weighted by Crippen LogP contribution is 2.34. The second-order valence-electron chi connectivity index (χ2n) is 5.00. The van der Waals surface area contributed by atoms with Crippen molar-refractivity contribution in [3.05, 3.63) is 64.9 Å². The molecule has 0 fully saturated rings. The van der Waals surface area contributed by atoms with Crippen LogP contribution in [0.4, 0.5) is 0 Å². The second kappa shape index (κ2) is 5.23. The van der Waals surface area contributed by atoms with Crippen molar-refractivity contribution in [1.82, 2.24) is 14.6 Å². The summed E-state index contributed by atoms with van der Waals surface area (Å²) in [4.78, 5) is 5.90. The van der Waals surface area contributed by atoms with Crippen molar-refractivity contribution in [2.75, 3.05) is 0 Å². The van der Waals surface area contributed by atoms with E-state index in [1.807, 2.05) is 54.9 Å². The molecule has 4 rings (SSSR count). The molecule has 0 saturated carbocycles. The maximum Gasteiger partial charge on any atom is 0.165 e. The van der Waals surface area contributed by atoms with Gasteiger partial charge in [-0.2, -0.15) is 5.10 Å². The molecule has 0 spiro atoms. The lowest BCUT2D eigenvalue weighted by molar-refractivity contribution is 0.933. The molecule has 22 heavy (non-hydrogen) atoms. The van der Waals surface area contributed by atoms with Gasteiger partial charge in [0.05, 0.1) is 17.5 Å². The first-order chi connectivity index (χ1) is 10.8. The SMILES string of the molecule is Cc1nc2c(-c3cccs3)cnn2c(Cl)c1-c1ccccc1. The van der Waals surface area contributed by atoms with Gasteiger partial charge in [0.25, 0.3) is 0 Å². The summed E-state index contributed by atoms with van der Waals surface area (Å²) in [6, 6.07) is 14.1. The standard InChI is InChI=1S/C17H12ClN3S/c1-11-15(12-6-3-2-4-7-12)16(18)21-17(20-11)13(10-19-21)14-8-5-9-22-14/h2-10H,1H3. The fourth-order valence-corrected chi connectivity index (χ4v) is 3.70. The van der Waals surface area contributed by atoms with E-state index in [2.05, 4.69) is 11.2 Å². The van der Waals surface area contributed by atoms with Crippen molar-refractivity contribution in [1.29, 1.82) is 0 Å². The van der Waals surface area contributed by atoms with Crippen LogP contribution in [0.15, 0.2) is 54.0 Å². The number of hydrogen-bond donors (Lipinski definition) is 0. The van der Waals surface area contributed by atoms with Gasteiger partial charge in [-0.05, 0) is 23.9 Å². The van der Waals surface area contributed by atoms with Gasteiger partial charge in [-0.3, -0.25) is 0 Å². The third-order valence-corrected chi connectivity index (χ3v) is 4.87. The summed E-state index contributed by atoms with van der Waals surface area (Å²) >= 11 is 8.29. The minimum absolute atomic E-state index is 0.594. The van der Waals surface area contributed by atoms with Crippen LogP contribution in [0, 0.1) is 6.92 Å². The van der Waals surface area contributed by atoms with E-state index in [1.54, 1.807) is 15.9 Å². The van der Waals surface area contributed by atoms with Crippen LogP contribution in [0.1, 0.15) is 5.69 Å². The molecule has 0 N–H and O–H groups in total. The Bertz CT molecular complexity index is 943. The van der Waals surface area contributed by atoms with Crippen LogP contribution in [0.2, 0.25) is 5.15 Å². The molecule has 108 valence electrons. The van der Waals surface area contributed by atoms with Gasteiger partial charge in [-0.25, -0.2) is 9.50 Å². The molecular formula is C17H12ClN3S. The monoisotopic (exact) mass is 325 g/mol. The van der Waals surface area contributed by atoms with E-state index in [1.165, 1.54) is 0 Å². The van der Waals surface area contributed by atoms with Crippen molar-refractivity contribution in [3.8, 4) is 21.6 Å². The Kier molecular flexibility index (Phi) is 3.21. The summed E-state index contributed by atoms with van der Waals surface area (Å²) in [5, 5.41) is 7.07. The third-order valence-electron chi connectivity index (χ3n) is 3.62. The number of aromatic nitrogens is 3. The predicted octanol–water partition coefficient (Wildman–Crippen LogP) is 5.09. The third kappa shape index (κ3) is 2.03. The zero-order valence-electron chi connectivity index (χ0n) is 11.8. The first kappa shape index (κ1) is 13.5. The minimum Gasteiger partial charge on any atom is -0.232 e. The molecule has 5 heteroatoms. The molecule has 0 atom stereocenters. The van der Waals surface area contributed by atoms with Gasteiger partial charge in [0.2, 0.25) is 0 Å². The van der Waals surface area contributed by atoms with Crippen LogP contribution in [-0.4, -0.2) is 14.6 Å². The van der Waals surface area contributed by atoms with Crippen molar-refractivity contribution in [2.24, 2.45) is 0 Å². The maximum absolute atomic E-state index is 6.62. The van der Waals surface area contributed by atoms with Crippen molar-refractivity contribution in [3.63, 3.8) is 0 Å². The Hall–Kier alpha value is -2.17. The van der Waals surface area contributed by atoms with Gasteiger partial charge >= 0.3 is 0 Å². The van der Waals surface area contributed by atoms with Crippen LogP contribution >= 0.6 is 22.9 Å². The Balaban J connectivity index is 2.00. The topological polar surface area (TPSA) is 30.2 Å². The average Bonchev–Trinajstić information content (AvgIpc) is 3.17. The molecule has 0 unspecified atom stereocenters. The number of rotatable bonds is 2. The van der Waals surface area contributed by atoms with Crippen LogP contribution in [0.5, 0.6) is 0 Å². The van der Waals surface area contributed by atoms with E-state index < -0.39 is 0 Å². The van der Waals surface area contributed by atoms with Crippen molar-refractivity contribution in [2.45, 2.75) is 6.92 Å². The van der Waals surface area contributed by atoms with Crippen molar-refractivity contribution >= 4 is 28.6 Å². The van der Waals surface area contributed by atoms with E-state index in [9.17, 15) is 0 Å². The summed E-state index contributed by atoms with van der Waals surface area (Å²) in [6.45, 7) is 1.99. The molecule has 3 aromatic heterocycles. The minimum atomic E-state index is 0.594. The van der Waals surface area contributed by atoms with E-state index in [0.717, 1.165) is 32.9 Å². The maximum atomic E-state index is 6.62. The fourth-order valence-electron chi connectivity index (χ4n) is 2.60. The van der Waals surface area contributed by atoms with E-state index in [0.29, 0.717) is 5.15 Å². The van der Waals surface area contributed by atoms with Crippen LogP contribution in [0.25, 0.3) is 27.2 Å². The largest absolute Gasteiger partial charge is 0.232 e. The first-order valence-corrected chi connectivity index (χ1v) is 8.14. The van der Waals surface area contributed by atoms with Gasteiger partial charge in [0, 0.05) is 10.4 Å². The summed E-state index contributed by atoms with van der Waals surface area (Å²) < 4.78 is 1.71. The molecule has 3 heterocycles. The van der Waals surface area contributed by atoms with E-state index in [-0.39, 0.29) is 0 Å². The highest BCUT2D eigenvalue weighted by molar-refractivity contribution is 7.13. The molecule has 0 aliphatic carbocycles. The highest BCUT2D eigenvalue weighted by Gasteiger charge is 2.17. The number of halogens is 1. The number of fused-ring (bicyclic) bond motifs is 1. The van der Waals surface area contributed by atoms with Gasteiger partial charge in [-0.15, -0.1) is 11.3 Å². The Morgan fingerprint density at radius 1 is 1.09 bits per heavy atom. The lowest BCUT2D eigenvalue weighted by Crippen LogP contribution is -1.99. The lowest BCUT2D eigenvalue weighted by atomic mass is 10.1. The Labute approximate surface area is 136 Å². The lowest BCUT2D eigenvalue weighted by Gasteiger charge is -2.10. The molecule has 0 radical (unpaired) electrons. The number of nitrogens with zero attached hydrogens (tertiary/aromatic N) is 3. The molecule has 0 aliphatic heterocycles. The molecule has 1 aromatic carbocycles. The average molecular weight is 326 g/mol. The van der Waals surface area contributed by atoms with Crippen molar-refractivity contribution < 1.29 is 0 Å². The molecule has 4 aromatic rings. The van der Waals surface area contributed by atoms with Crippen LogP contribution < -0.4 is 0 Å². The zero-order valence-corrected chi connectivity index (χ0v) is 13.4. The van der Waals surface area contributed by atoms with E-state index in [4.69, 9.17) is 16.6 Å². The molecule has 0 amide bonds. The normalized spacial score (nSPS) is 11.2. The predicted molar refractivity (Wildman–Crippen MR) is 91.5 cm³/mol. The van der Waals surface area contributed by atoms with Crippen LogP contribution in [0.3, 0.4) is 0 Å². The quantitative estimate of drug-likeness (QED) is 0.481. The summed E-state index contributed by atoms with van der Waals surface area (Å²) in [7, 11) is 0. The first-order valence-electron chi connectivity index (χ1n) is 6.89. The molecule has 0 aliphatic rings. The Morgan fingerprint density at radius 2 is 1.91 bits per heavy atom. The molecule has 0 bridgehead atoms. The molecule has 0 saturated heterocycles. The molecular weight excluding hydrogens is 314 g/mol. The summed E-state index contributed by atoms with van der Waals surface area (Å²) in [5.41, 5.74) is 4.69. The smallest absolute Gasteiger partial charge is 0.165 e.